The normalized spacial score (nSPS) is 12.2. The van der Waals surface area contributed by atoms with Crippen molar-refractivity contribution >= 4 is 27.5 Å². The number of benzene rings is 2. The molecule has 0 saturated heterocycles. The van der Waals surface area contributed by atoms with Crippen LogP contribution in [0.15, 0.2) is 47.4 Å². The van der Waals surface area contributed by atoms with Gasteiger partial charge in [-0.15, -0.1) is 0 Å². The molecule has 0 aliphatic rings. The zero-order valence-electron chi connectivity index (χ0n) is 19.5. The van der Waals surface area contributed by atoms with Gasteiger partial charge in [0.05, 0.1) is 30.7 Å². The van der Waals surface area contributed by atoms with Gasteiger partial charge in [-0.25, -0.2) is 8.42 Å². The minimum absolute atomic E-state index is 0.0211. The van der Waals surface area contributed by atoms with Gasteiger partial charge >= 0.3 is 0 Å². The molecule has 1 atom stereocenters. The first-order valence-corrected chi connectivity index (χ1v) is 12.0. The number of likely N-dealkylation sites (N-methyl/N-ethyl adjacent to an activating group) is 1. The SMILES string of the molecule is CCOc1ccc(C(C)NC(=O)CN(C)S(=O)(=O)c2ccc(NC(C)=O)cc2)cc1OCC. The second-order valence-corrected chi connectivity index (χ2v) is 9.37. The molecule has 33 heavy (non-hydrogen) atoms. The average Bonchev–Trinajstić information content (AvgIpc) is 2.75. The Morgan fingerprint density at radius 1 is 1.00 bits per heavy atom. The smallest absolute Gasteiger partial charge is 0.243 e. The summed E-state index contributed by atoms with van der Waals surface area (Å²) in [7, 11) is -2.54. The fourth-order valence-electron chi connectivity index (χ4n) is 3.09. The molecule has 0 radical (unpaired) electrons. The Balaban J connectivity index is 2.05. The van der Waals surface area contributed by atoms with Crippen LogP contribution in [-0.4, -0.2) is 51.3 Å². The van der Waals surface area contributed by atoms with E-state index in [1.165, 1.54) is 38.2 Å². The van der Waals surface area contributed by atoms with Gasteiger partial charge in [-0.1, -0.05) is 6.07 Å². The lowest BCUT2D eigenvalue weighted by molar-refractivity contribution is -0.121. The fourth-order valence-corrected chi connectivity index (χ4v) is 4.22. The third kappa shape index (κ3) is 7.19. The molecule has 0 fully saturated rings. The van der Waals surface area contributed by atoms with Crippen molar-refractivity contribution in [2.75, 3.05) is 32.1 Å². The van der Waals surface area contributed by atoms with Crippen molar-refractivity contribution in [3.63, 3.8) is 0 Å². The van der Waals surface area contributed by atoms with E-state index in [4.69, 9.17) is 9.47 Å². The summed E-state index contributed by atoms with van der Waals surface area (Å²) in [4.78, 5) is 23.7. The van der Waals surface area contributed by atoms with Crippen LogP contribution in [0.3, 0.4) is 0 Å². The summed E-state index contributed by atoms with van der Waals surface area (Å²) in [5.74, 6) is 0.502. The Morgan fingerprint density at radius 3 is 2.18 bits per heavy atom. The highest BCUT2D eigenvalue weighted by Crippen LogP contribution is 2.30. The van der Waals surface area contributed by atoms with E-state index in [1.54, 1.807) is 19.1 Å². The van der Waals surface area contributed by atoms with Crippen LogP contribution in [0.5, 0.6) is 11.5 Å². The highest BCUT2D eigenvalue weighted by Gasteiger charge is 2.24. The van der Waals surface area contributed by atoms with E-state index in [0.29, 0.717) is 30.4 Å². The monoisotopic (exact) mass is 477 g/mol. The quantitative estimate of drug-likeness (QED) is 0.514. The average molecular weight is 478 g/mol. The number of carbonyl (C=O) groups is 2. The van der Waals surface area contributed by atoms with Crippen molar-refractivity contribution in [3.05, 3.63) is 48.0 Å². The molecule has 0 aliphatic carbocycles. The summed E-state index contributed by atoms with van der Waals surface area (Å²) in [5, 5.41) is 5.39. The molecule has 0 bridgehead atoms. The van der Waals surface area contributed by atoms with Crippen LogP contribution in [0.2, 0.25) is 0 Å². The van der Waals surface area contributed by atoms with Crippen molar-refractivity contribution in [1.29, 1.82) is 0 Å². The number of anilines is 1. The number of nitrogens with one attached hydrogen (secondary N) is 2. The molecule has 2 N–H and O–H groups in total. The largest absolute Gasteiger partial charge is 0.490 e. The number of hydrogen-bond acceptors (Lipinski definition) is 6. The Bertz CT molecular complexity index is 1070. The van der Waals surface area contributed by atoms with Crippen molar-refractivity contribution in [2.45, 2.75) is 38.6 Å². The van der Waals surface area contributed by atoms with Gasteiger partial charge in [0.1, 0.15) is 0 Å². The van der Waals surface area contributed by atoms with Gasteiger partial charge in [0.15, 0.2) is 11.5 Å². The number of sulfonamides is 1. The lowest BCUT2D eigenvalue weighted by Crippen LogP contribution is -2.39. The number of nitrogens with zero attached hydrogens (tertiary/aromatic N) is 1. The van der Waals surface area contributed by atoms with E-state index in [-0.39, 0.29) is 23.4 Å². The summed E-state index contributed by atoms with van der Waals surface area (Å²) in [6, 6.07) is 10.8. The molecule has 1 unspecified atom stereocenters. The standard InChI is InChI=1S/C23H31N3O6S/c1-6-31-21-13-8-18(14-22(21)32-7-2)16(3)24-23(28)15-26(5)33(29,30)20-11-9-19(10-12-20)25-17(4)27/h8-14,16H,6-7,15H2,1-5H3,(H,24,28)(H,25,27). The number of hydrogen-bond donors (Lipinski definition) is 2. The van der Waals surface area contributed by atoms with E-state index >= 15 is 0 Å². The first-order chi connectivity index (χ1) is 15.6. The predicted molar refractivity (Wildman–Crippen MR) is 126 cm³/mol. The third-order valence-electron chi connectivity index (χ3n) is 4.69. The Labute approximate surface area is 195 Å². The molecule has 2 amide bonds. The molecule has 9 nitrogen and oxygen atoms in total. The number of ether oxygens (including phenoxy) is 2. The van der Waals surface area contributed by atoms with Crippen LogP contribution < -0.4 is 20.1 Å². The van der Waals surface area contributed by atoms with Crippen LogP contribution in [0.4, 0.5) is 5.69 Å². The van der Waals surface area contributed by atoms with Gasteiger partial charge in [-0.05, 0) is 62.7 Å². The molecular weight excluding hydrogens is 446 g/mol. The van der Waals surface area contributed by atoms with E-state index in [2.05, 4.69) is 10.6 Å². The van der Waals surface area contributed by atoms with Crippen LogP contribution in [-0.2, 0) is 19.6 Å². The maximum Gasteiger partial charge on any atom is 0.243 e. The van der Waals surface area contributed by atoms with Gasteiger partial charge < -0.3 is 20.1 Å². The number of rotatable bonds is 11. The molecule has 0 spiro atoms. The topological polar surface area (TPSA) is 114 Å². The van der Waals surface area contributed by atoms with Gasteiger partial charge in [0.25, 0.3) is 0 Å². The van der Waals surface area contributed by atoms with Crippen LogP contribution in [0.1, 0.15) is 39.3 Å². The highest BCUT2D eigenvalue weighted by molar-refractivity contribution is 7.89. The second-order valence-electron chi connectivity index (χ2n) is 7.33. The molecule has 0 aromatic heterocycles. The summed E-state index contributed by atoms with van der Waals surface area (Å²) in [6.07, 6.45) is 0. The van der Waals surface area contributed by atoms with E-state index in [0.717, 1.165) is 9.87 Å². The van der Waals surface area contributed by atoms with Gasteiger partial charge in [0.2, 0.25) is 21.8 Å². The van der Waals surface area contributed by atoms with E-state index in [9.17, 15) is 18.0 Å². The summed E-state index contributed by atoms with van der Waals surface area (Å²) in [5.41, 5.74) is 1.28. The Kier molecular flexibility index (Phi) is 9.24. The third-order valence-corrected chi connectivity index (χ3v) is 6.51. The first-order valence-electron chi connectivity index (χ1n) is 10.6. The fraction of sp³-hybridized carbons (Fsp3) is 0.391. The van der Waals surface area contributed by atoms with Gasteiger partial charge in [-0.3, -0.25) is 9.59 Å². The Hall–Kier alpha value is -3.11. The molecule has 2 aromatic carbocycles. The first kappa shape index (κ1) is 26.1. The highest BCUT2D eigenvalue weighted by atomic mass is 32.2. The minimum atomic E-state index is -3.88. The zero-order valence-corrected chi connectivity index (χ0v) is 20.4. The second kappa shape index (κ2) is 11.7. The van der Waals surface area contributed by atoms with Crippen molar-refractivity contribution in [1.82, 2.24) is 9.62 Å². The maximum atomic E-state index is 12.8. The van der Waals surface area contributed by atoms with Crippen molar-refractivity contribution in [2.24, 2.45) is 0 Å². The lowest BCUT2D eigenvalue weighted by atomic mass is 10.1. The molecule has 0 saturated carbocycles. The molecule has 2 aromatic rings. The zero-order chi connectivity index (χ0) is 24.6. The van der Waals surface area contributed by atoms with Crippen LogP contribution >= 0.6 is 0 Å². The molecule has 2 rings (SSSR count). The minimum Gasteiger partial charge on any atom is -0.490 e. The van der Waals surface area contributed by atoms with Crippen molar-refractivity contribution in [3.8, 4) is 11.5 Å². The van der Waals surface area contributed by atoms with E-state index in [1.807, 2.05) is 19.9 Å². The number of amides is 2. The van der Waals surface area contributed by atoms with Crippen molar-refractivity contribution < 1.29 is 27.5 Å². The van der Waals surface area contributed by atoms with Gasteiger partial charge in [0, 0.05) is 19.7 Å². The van der Waals surface area contributed by atoms with Crippen LogP contribution in [0, 0.1) is 0 Å². The molecule has 0 aliphatic heterocycles. The lowest BCUT2D eigenvalue weighted by Gasteiger charge is -2.20. The van der Waals surface area contributed by atoms with Gasteiger partial charge in [-0.2, -0.15) is 4.31 Å². The van der Waals surface area contributed by atoms with E-state index < -0.39 is 15.9 Å². The summed E-state index contributed by atoms with van der Waals surface area (Å²) in [6.45, 7) is 7.55. The maximum absolute atomic E-state index is 12.8. The molecule has 10 heteroatoms. The predicted octanol–water partition coefficient (Wildman–Crippen LogP) is 2.94. The molecule has 180 valence electrons. The summed E-state index contributed by atoms with van der Waals surface area (Å²) < 4.78 is 37.8. The Morgan fingerprint density at radius 2 is 1.61 bits per heavy atom. The molecule has 0 heterocycles. The number of carbonyl (C=O) groups excluding carboxylic acids is 2. The summed E-state index contributed by atoms with van der Waals surface area (Å²) >= 11 is 0. The molecular formula is C23H31N3O6S. The van der Waals surface area contributed by atoms with Crippen LogP contribution in [0.25, 0.3) is 0 Å².